The van der Waals surface area contributed by atoms with E-state index < -0.39 is 0 Å². The Balaban J connectivity index is 1.91. The highest BCUT2D eigenvalue weighted by atomic mass is 35.5. The number of rotatable bonds is 2. The number of ketones is 1. The van der Waals surface area contributed by atoms with Crippen LogP contribution in [0, 0.1) is 13.8 Å². The molecular formula is C23H21Cl2NO2. The zero-order valence-electron chi connectivity index (χ0n) is 15.9. The molecule has 3 nitrogen and oxygen atoms in total. The number of nitrogens with zero attached hydrogens (tertiary/aromatic N) is 1. The van der Waals surface area contributed by atoms with Gasteiger partial charge >= 0.3 is 0 Å². The summed E-state index contributed by atoms with van der Waals surface area (Å²) in [6, 6.07) is 11.5. The summed E-state index contributed by atoms with van der Waals surface area (Å²) in [5, 5.41) is 0.862. The zero-order valence-corrected chi connectivity index (χ0v) is 17.4. The predicted molar refractivity (Wildman–Crippen MR) is 113 cm³/mol. The van der Waals surface area contributed by atoms with Crippen molar-refractivity contribution in [3.05, 3.63) is 74.4 Å². The number of carbonyl (C=O) groups is 2. The lowest BCUT2D eigenvalue weighted by molar-refractivity contribution is -0.119. The van der Waals surface area contributed by atoms with Crippen molar-refractivity contribution in [3.8, 4) is 0 Å². The van der Waals surface area contributed by atoms with Crippen LogP contribution in [0.4, 0.5) is 5.69 Å². The van der Waals surface area contributed by atoms with Gasteiger partial charge in [0.2, 0.25) is 5.91 Å². The van der Waals surface area contributed by atoms with E-state index in [2.05, 4.69) is 6.07 Å². The van der Waals surface area contributed by atoms with E-state index in [0.29, 0.717) is 28.5 Å². The molecule has 0 bridgehead atoms. The first-order chi connectivity index (χ1) is 13.4. The van der Waals surface area contributed by atoms with Crippen LogP contribution in [0.3, 0.4) is 0 Å². The van der Waals surface area contributed by atoms with Crippen LogP contribution in [0.2, 0.25) is 10.0 Å². The number of Topliss-reactive ketones (excluding diaryl/α,β-unsaturated/α-hetero) is 1. The van der Waals surface area contributed by atoms with Gasteiger partial charge in [0.25, 0.3) is 0 Å². The Labute approximate surface area is 174 Å². The number of allylic oxidation sites excluding steroid dienone is 2. The molecule has 0 aromatic heterocycles. The predicted octanol–water partition coefficient (Wildman–Crippen LogP) is 6.14. The number of aryl methyl sites for hydroxylation is 2. The molecule has 0 saturated carbocycles. The Morgan fingerprint density at radius 1 is 1.00 bits per heavy atom. The van der Waals surface area contributed by atoms with Gasteiger partial charge in [-0.3, -0.25) is 14.5 Å². The van der Waals surface area contributed by atoms with Gasteiger partial charge in [-0.25, -0.2) is 0 Å². The van der Waals surface area contributed by atoms with Gasteiger partial charge in [-0.1, -0.05) is 41.4 Å². The molecule has 1 aliphatic carbocycles. The summed E-state index contributed by atoms with van der Waals surface area (Å²) in [7, 11) is 0. The van der Waals surface area contributed by atoms with Gasteiger partial charge in [-0.2, -0.15) is 0 Å². The summed E-state index contributed by atoms with van der Waals surface area (Å²) < 4.78 is 0. The average Bonchev–Trinajstić information content (AvgIpc) is 2.62. The van der Waals surface area contributed by atoms with E-state index in [0.717, 1.165) is 34.5 Å². The summed E-state index contributed by atoms with van der Waals surface area (Å²) in [5.41, 5.74) is 5.30. The molecule has 0 radical (unpaired) electrons. The molecule has 4 rings (SSSR count). The molecule has 1 unspecified atom stereocenters. The fourth-order valence-corrected chi connectivity index (χ4v) is 4.87. The molecule has 0 N–H and O–H groups in total. The minimum atomic E-state index is -0.344. The minimum absolute atomic E-state index is 0.0144. The van der Waals surface area contributed by atoms with E-state index in [1.807, 2.05) is 38.1 Å². The van der Waals surface area contributed by atoms with Crippen LogP contribution >= 0.6 is 23.2 Å². The first kappa shape index (κ1) is 19.2. The summed E-state index contributed by atoms with van der Waals surface area (Å²) in [4.78, 5) is 28.0. The lowest BCUT2D eigenvalue weighted by Crippen LogP contribution is -2.40. The van der Waals surface area contributed by atoms with Gasteiger partial charge in [0.15, 0.2) is 5.78 Å². The maximum atomic E-state index is 13.3. The van der Waals surface area contributed by atoms with E-state index in [1.54, 1.807) is 11.0 Å². The third kappa shape index (κ3) is 3.27. The summed E-state index contributed by atoms with van der Waals surface area (Å²) in [5.74, 6) is -0.257. The number of benzene rings is 2. The smallest absolute Gasteiger partial charge is 0.232 e. The van der Waals surface area contributed by atoms with Crippen molar-refractivity contribution >= 4 is 40.6 Å². The lowest BCUT2D eigenvalue weighted by Gasteiger charge is -2.38. The number of anilines is 1. The van der Waals surface area contributed by atoms with Crippen LogP contribution in [0.25, 0.3) is 0 Å². The normalized spacial score (nSPS) is 19.9. The molecule has 5 heteroatoms. The fraction of sp³-hybridized carbons (Fsp3) is 0.304. The molecule has 1 heterocycles. The number of hydrogen-bond acceptors (Lipinski definition) is 2. The van der Waals surface area contributed by atoms with Crippen LogP contribution in [0.15, 0.2) is 47.7 Å². The molecule has 1 atom stereocenters. The van der Waals surface area contributed by atoms with Gasteiger partial charge in [0.05, 0.1) is 10.0 Å². The van der Waals surface area contributed by atoms with E-state index in [9.17, 15) is 9.59 Å². The Morgan fingerprint density at radius 3 is 2.43 bits per heavy atom. The molecule has 1 aliphatic heterocycles. The highest BCUT2D eigenvalue weighted by molar-refractivity contribution is 6.42. The summed E-state index contributed by atoms with van der Waals surface area (Å²) in [6.45, 7) is 4.03. The Morgan fingerprint density at radius 2 is 1.71 bits per heavy atom. The summed E-state index contributed by atoms with van der Waals surface area (Å²) in [6.07, 6.45) is 2.16. The molecule has 1 amide bonds. The Bertz CT molecular complexity index is 1010. The van der Waals surface area contributed by atoms with Crippen molar-refractivity contribution < 1.29 is 9.59 Å². The topological polar surface area (TPSA) is 37.4 Å². The summed E-state index contributed by atoms with van der Waals surface area (Å²) >= 11 is 12.7. The van der Waals surface area contributed by atoms with E-state index in [4.69, 9.17) is 23.2 Å². The zero-order chi connectivity index (χ0) is 20.0. The van der Waals surface area contributed by atoms with Gasteiger partial charge < -0.3 is 0 Å². The van der Waals surface area contributed by atoms with Gasteiger partial charge in [-0.15, -0.1) is 0 Å². The highest BCUT2D eigenvalue weighted by Gasteiger charge is 2.40. The number of hydrogen-bond donors (Lipinski definition) is 0. The second kappa shape index (κ2) is 7.38. The van der Waals surface area contributed by atoms with E-state index >= 15 is 0 Å². The quantitative estimate of drug-likeness (QED) is 0.592. The molecule has 0 fully saturated rings. The molecular weight excluding hydrogens is 393 g/mol. The maximum Gasteiger partial charge on any atom is 0.232 e. The lowest BCUT2D eigenvalue weighted by atomic mass is 9.77. The van der Waals surface area contributed by atoms with Crippen molar-refractivity contribution in [2.75, 3.05) is 4.90 Å². The molecule has 0 spiro atoms. The Hall–Kier alpha value is -2.10. The standard InChI is InChI=1S/C23H21Cl2NO2/c1-13-9-14(2)11-15(10-13)26-19-7-4-8-20(27)22(19)17(12-21(26)28)16-5-3-6-18(24)23(16)25/h3,5-6,9-11,17H,4,7-8,12H2,1-2H3. The van der Waals surface area contributed by atoms with Crippen LogP contribution in [-0.2, 0) is 9.59 Å². The van der Waals surface area contributed by atoms with Crippen molar-refractivity contribution in [3.63, 3.8) is 0 Å². The van der Waals surface area contributed by atoms with Crippen LogP contribution in [0.5, 0.6) is 0 Å². The van der Waals surface area contributed by atoms with Gasteiger partial charge in [0, 0.05) is 35.7 Å². The minimum Gasteiger partial charge on any atom is -0.294 e. The maximum absolute atomic E-state index is 13.3. The van der Waals surface area contributed by atoms with Crippen molar-refractivity contribution in [1.29, 1.82) is 0 Å². The van der Waals surface area contributed by atoms with Crippen LogP contribution in [-0.4, -0.2) is 11.7 Å². The van der Waals surface area contributed by atoms with Crippen molar-refractivity contribution in [2.24, 2.45) is 0 Å². The van der Waals surface area contributed by atoms with Gasteiger partial charge in [0.1, 0.15) is 0 Å². The third-order valence-corrected chi connectivity index (χ3v) is 6.33. The van der Waals surface area contributed by atoms with Crippen molar-refractivity contribution in [2.45, 2.75) is 45.4 Å². The highest BCUT2D eigenvalue weighted by Crippen LogP contribution is 2.46. The molecule has 2 aromatic rings. The monoisotopic (exact) mass is 413 g/mol. The van der Waals surface area contributed by atoms with E-state index in [-0.39, 0.29) is 24.0 Å². The largest absolute Gasteiger partial charge is 0.294 e. The number of halogens is 2. The second-order valence-corrected chi connectivity index (χ2v) is 8.40. The fourth-order valence-electron chi connectivity index (χ4n) is 4.43. The second-order valence-electron chi connectivity index (χ2n) is 7.61. The molecule has 28 heavy (non-hydrogen) atoms. The van der Waals surface area contributed by atoms with Crippen molar-refractivity contribution in [1.82, 2.24) is 0 Å². The molecule has 2 aromatic carbocycles. The average molecular weight is 414 g/mol. The molecule has 2 aliphatic rings. The first-order valence-corrected chi connectivity index (χ1v) is 10.2. The first-order valence-electron chi connectivity index (χ1n) is 9.48. The molecule has 144 valence electrons. The number of carbonyl (C=O) groups excluding carboxylic acids is 2. The van der Waals surface area contributed by atoms with Gasteiger partial charge in [-0.05, 0) is 61.6 Å². The molecule has 0 saturated heterocycles. The third-order valence-electron chi connectivity index (χ3n) is 5.50. The SMILES string of the molecule is Cc1cc(C)cc(N2C(=O)CC(c3cccc(Cl)c3Cl)C3=C2CCCC3=O)c1. The Kier molecular flexibility index (Phi) is 5.07. The van der Waals surface area contributed by atoms with Crippen LogP contribution in [0.1, 0.15) is 48.3 Å². The van der Waals surface area contributed by atoms with E-state index in [1.165, 1.54) is 0 Å². The van der Waals surface area contributed by atoms with Crippen LogP contribution < -0.4 is 4.90 Å². The number of amides is 1.